The van der Waals surface area contributed by atoms with E-state index < -0.39 is 0 Å². The summed E-state index contributed by atoms with van der Waals surface area (Å²) in [5, 5.41) is 0.715. The van der Waals surface area contributed by atoms with E-state index in [0.29, 0.717) is 10.9 Å². The van der Waals surface area contributed by atoms with E-state index in [1.54, 1.807) is 0 Å². The predicted octanol–water partition coefficient (Wildman–Crippen LogP) is 4.35. The summed E-state index contributed by atoms with van der Waals surface area (Å²) in [6.45, 7) is 0. The van der Waals surface area contributed by atoms with Crippen LogP contribution in [0, 0.1) is 0 Å². The molecular weight excluding hydrogens is 259 g/mol. The van der Waals surface area contributed by atoms with Crippen LogP contribution in [0.15, 0.2) is 28.7 Å². The lowest BCUT2D eigenvalue weighted by Gasteiger charge is -1.96. The summed E-state index contributed by atoms with van der Waals surface area (Å²) in [6.07, 6.45) is 3.81. The predicted molar refractivity (Wildman–Crippen MR) is 58.9 cm³/mol. The second-order valence-corrected chi connectivity index (χ2v) is 3.80. The molecule has 64 valence electrons. The molecule has 1 rings (SSSR count). The third-order valence-electron chi connectivity index (χ3n) is 1.34. The molecule has 0 heterocycles. The lowest BCUT2D eigenvalue weighted by molar-refractivity contribution is 1.60. The molecule has 0 aromatic heterocycles. The van der Waals surface area contributed by atoms with Crippen molar-refractivity contribution in [2.45, 2.75) is 0 Å². The smallest absolute Gasteiger partial charge is 0.0554 e. The van der Waals surface area contributed by atoms with Crippen molar-refractivity contribution in [2.24, 2.45) is 0 Å². The molecule has 0 bridgehead atoms. The summed E-state index contributed by atoms with van der Waals surface area (Å²) >= 11 is 14.7. The Bertz CT molecular complexity index is 295. The van der Waals surface area contributed by atoms with Crippen LogP contribution < -0.4 is 0 Å². The van der Waals surface area contributed by atoms with Gasteiger partial charge in [0.25, 0.3) is 0 Å². The van der Waals surface area contributed by atoms with Crippen molar-refractivity contribution in [2.75, 3.05) is 5.88 Å². The van der Waals surface area contributed by atoms with Gasteiger partial charge in [-0.3, -0.25) is 0 Å². The van der Waals surface area contributed by atoms with Crippen molar-refractivity contribution >= 4 is 45.2 Å². The van der Waals surface area contributed by atoms with Crippen LogP contribution in [0.1, 0.15) is 5.56 Å². The van der Waals surface area contributed by atoms with Gasteiger partial charge in [-0.15, -0.1) is 11.6 Å². The zero-order valence-electron chi connectivity index (χ0n) is 6.23. The molecule has 0 atom stereocenters. The molecule has 0 radical (unpaired) electrons. The third kappa shape index (κ3) is 2.81. The fraction of sp³-hybridized carbons (Fsp3) is 0.111. The number of halogens is 3. The monoisotopic (exact) mass is 264 g/mol. The maximum absolute atomic E-state index is 5.88. The SMILES string of the molecule is ClCC=Cc1ccc(Br)c(Cl)c1. The number of benzene rings is 1. The molecule has 3 heteroatoms. The second kappa shape index (κ2) is 4.90. The number of rotatable bonds is 2. The Morgan fingerprint density at radius 2 is 2.17 bits per heavy atom. The first kappa shape index (κ1) is 10.1. The highest BCUT2D eigenvalue weighted by Crippen LogP contribution is 2.23. The van der Waals surface area contributed by atoms with Gasteiger partial charge in [-0.05, 0) is 33.6 Å². The van der Waals surface area contributed by atoms with E-state index in [2.05, 4.69) is 15.9 Å². The van der Waals surface area contributed by atoms with E-state index >= 15 is 0 Å². The molecule has 0 unspecified atom stereocenters. The average molecular weight is 266 g/mol. The quantitative estimate of drug-likeness (QED) is 0.698. The van der Waals surface area contributed by atoms with E-state index in [-0.39, 0.29) is 0 Å². The topological polar surface area (TPSA) is 0 Å². The van der Waals surface area contributed by atoms with Gasteiger partial charge in [-0.2, -0.15) is 0 Å². The van der Waals surface area contributed by atoms with E-state index in [1.807, 2.05) is 30.4 Å². The summed E-state index contributed by atoms with van der Waals surface area (Å²) in [6, 6.07) is 5.77. The van der Waals surface area contributed by atoms with Gasteiger partial charge < -0.3 is 0 Å². The summed E-state index contributed by atoms with van der Waals surface area (Å²) < 4.78 is 0.909. The van der Waals surface area contributed by atoms with Gasteiger partial charge in [0.05, 0.1) is 5.02 Å². The molecule has 0 aliphatic rings. The van der Waals surface area contributed by atoms with Crippen LogP contribution in [0.5, 0.6) is 0 Å². The van der Waals surface area contributed by atoms with Gasteiger partial charge in [0.15, 0.2) is 0 Å². The highest BCUT2D eigenvalue weighted by molar-refractivity contribution is 9.10. The number of alkyl halides is 1. The van der Waals surface area contributed by atoms with Gasteiger partial charge in [-0.1, -0.05) is 29.8 Å². The summed E-state index contributed by atoms with van der Waals surface area (Å²) in [7, 11) is 0. The molecule has 0 N–H and O–H groups in total. The molecule has 0 aliphatic heterocycles. The molecule has 12 heavy (non-hydrogen) atoms. The molecule has 1 aromatic rings. The van der Waals surface area contributed by atoms with Crippen molar-refractivity contribution in [1.82, 2.24) is 0 Å². The van der Waals surface area contributed by atoms with Crippen molar-refractivity contribution in [3.63, 3.8) is 0 Å². The standard InChI is InChI=1S/C9H7BrCl2/c10-8-4-3-7(2-1-5-11)6-9(8)12/h1-4,6H,5H2. The molecular formula is C9H7BrCl2. The Kier molecular flexibility index (Phi) is 4.13. The lowest BCUT2D eigenvalue weighted by Crippen LogP contribution is -1.73. The maximum Gasteiger partial charge on any atom is 0.0554 e. The second-order valence-electron chi connectivity index (χ2n) is 2.23. The molecule has 0 saturated heterocycles. The number of allylic oxidation sites excluding steroid dienone is 1. The molecule has 0 nitrogen and oxygen atoms in total. The van der Waals surface area contributed by atoms with E-state index in [1.165, 1.54) is 0 Å². The minimum atomic E-state index is 0.522. The first-order valence-corrected chi connectivity index (χ1v) is 5.12. The summed E-state index contributed by atoms with van der Waals surface area (Å²) in [5.41, 5.74) is 1.06. The Morgan fingerprint density at radius 3 is 2.75 bits per heavy atom. The fourth-order valence-electron chi connectivity index (χ4n) is 0.797. The largest absolute Gasteiger partial charge is 0.122 e. The zero-order valence-corrected chi connectivity index (χ0v) is 9.33. The van der Waals surface area contributed by atoms with Crippen molar-refractivity contribution in [3.05, 3.63) is 39.3 Å². The minimum Gasteiger partial charge on any atom is -0.122 e. The minimum absolute atomic E-state index is 0.522. The van der Waals surface area contributed by atoms with Crippen LogP contribution in [-0.2, 0) is 0 Å². The van der Waals surface area contributed by atoms with E-state index in [4.69, 9.17) is 23.2 Å². The van der Waals surface area contributed by atoms with Crippen LogP contribution in [0.3, 0.4) is 0 Å². The first-order chi connectivity index (χ1) is 5.74. The average Bonchev–Trinajstić information content (AvgIpc) is 2.07. The molecule has 0 saturated carbocycles. The highest BCUT2D eigenvalue weighted by atomic mass is 79.9. The van der Waals surface area contributed by atoms with Crippen molar-refractivity contribution in [1.29, 1.82) is 0 Å². The Labute approximate surface area is 90.3 Å². The van der Waals surface area contributed by atoms with Gasteiger partial charge >= 0.3 is 0 Å². The van der Waals surface area contributed by atoms with Crippen LogP contribution in [-0.4, -0.2) is 5.88 Å². The van der Waals surface area contributed by atoms with Gasteiger partial charge in [-0.25, -0.2) is 0 Å². The van der Waals surface area contributed by atoms with Crippen molar-refractivity contribution < 1.29 is 0 Å². The summed E-state index contributed by atoms with van der Waals surface area (Å²) in [4.78, 5) is 0. The van der Waals surface area contributed by atoms with E-state index in [9.17, 15) is 0 Å². The summed E-state index contributed by atoms with van der Waals surface area (Å²) in [5.74, 6) is 0.522. The molecule has 0 amide bonds. The van der Waals surface area contributed by atoms with Gasteiger partial charge in [0, 0.05) is 10.4 Å². The van der Waals surface area contributed by atoms with Crippen LogP contribution in [0.4, 0.5) is 0 Å². The Hall–Kier alpha value is 0.0200. The van der Waals surface area contributed by atoms with Crippen LogP contribution >= 0.6 is 39.1 Å². The molecule has 0 fully saturated rings. The van der Waals surface area contributed by atoms with Gasteiger partial charge in [0.2, 0.25) is 0 Å². The number of hydrogen-bond acceptors (Lipinski definition) is 0. The zero-order chi connectivity index (χ0) is 8.97. The lowest BCUT2D eigenvalue weighted by atomic mass is 10.2. The molecule has 0 spiro atoms. The highest BCUT2D eigenvalue weighted by Gasteiger charge is 1.95. The van der Waals surface area contributed by atoms with Crippen LogP contribution in [0.2, 0.25) is 5.02 Å². The molecule has 0 aliphatic carbocycles. The van der Waals surface area contributed by atoms with E-state index in [0.717, 1.165) is 10.0 Å². The van der Waals surface area contributed by atoms with Crippen molar-refractivity contribution in [3.8, 4) is 0 Å². The number of hydrogen-bond donors (Lipinski definition) is 0. The molecule has 1 aromatic carbocycles. The third-order valence-corrected chi connectivity index (χ3v) is 2.75. The first-order valence-electron chi connectivity index (χ1n) is 3.41. The Morgan fingerprint density at radius 1 is 1.42 bits per heavy atom. The van der Waals surface area contributed by atoms with Gasteiger partial charge in [0.1, 0.15) is 0 Å². The fourth-order valence-corrected chi connectivity index (χ4v) is 1.32. The Balaban J connectivity index is 2.89. The maximum atomic E-state index is 5.88. The van der Waals surface area contributed by atoms with Crippen LogP contribution in [0.25, 0.3) is 6.08 Å². The normalized spacial score (nSPS) is 10.9.